The summed E-state index contributed by atoms with van der Waals surface area (Å²) in [7, 11) is 0. The summed E-state index contributed by atoms with van der Waals surface area (Å²) in [6.45, 7) is 3.20. The van der Waals surface area contributed by atoms with Crippen molar-refractivity contribution < 1.29 is 28.4 Å². The molecule has 6 nitrogen and oxygen atoms in total. The number of rotatable bonds is 2. The average molecular weight is 437 g/mol. The lowest BCUT2D eigenvalue weighted by Gasteiger charge is -2.46. The van der Waals surface area contributed by atoms with Gasteiger partial charge in [-0.1, -0.05) is 0 Å². The minimum absolute atomic E-state index is 0.204. The van der Waals surface area contributed by atoms with E-state index in [9.17, 15) is 0 Å². The standard InChI is InChI=1S/C25H40O6/c1-2-10-23(9-1)29-18-22(31-23)20-7-12-25(17-20)28-15-8-21(30-25)19-6-5-11-24(16-19)26-13-3-4-14-27-24/h19-22H,1-18H2. The third-order valence-corrected chi connectivity index (χ3v) is 8.87. The van der Waals surface area contributed by atoms with Crippen LogP contribution in [0.3, 0.4) is 0 Å². The van der Waals surface area contributed by atoms with Crippen molar-refractivity contribution in [3.05, 3.63) is 0 Å². The van der Waals surface area contributed by atoms with Gasteiger partial charge in [0, 0.05) is 38.5 Å². The van der Waals surface area contributed by atoms with Gasteiger partial charge in [-0.3, -0.25) is 0 Å². The van der Waals surface area contributed by atoms with E-state index in [1.165, 1.54) is 19.3 Å². The molecule has 176 valence electrons. The Balaban J connectivity index is 1.08. The van der Waals surface area contributed by atoms with Gasteiger partial charge in [0.2, 0.25) is 0 Å². The van der Waals surface area contributed by atoms with E-state index in [1.54, 1.807) is 0 Å². The average Bonchev–Trinajstić information content (AvgIpc) is 3.49. The molecule has 3 aliphatic heterocycles. The molecule has 6 aliphatic rings. The Morgan fingerprint density at radius 2 is 1.16 bits per heavy atom. The molecule has 3 saturated heterocycles. The molecular formula is C25H40O6. The van der Waals surface area contributed by atoms with Gasteiger partial charge in [-0.25, -0.2) is 0 Å². The van der Waals surface area contributed by atoms with Crippen LogP contribution in [0.15, 0.2) is 0 Å². The molecular weight excluding hydrogens is 396 g/mol. The van der Waals surface area contributed by atoms with E-state index in [0.717, 1.165) is 97.1 Å². The van der Waals surface area contributed by atoms with Crippen molar-refractivity contribution in [3.63, 3.8) is 0 Å². The Hall–Kier alpha value is -0.240. The van der Waals surface area contributed by atoms with Gasteiger partial charge in [0.05, 0.1) is 38.6 Å². The molecule has 3 aliphatic carbocycles. The van der Waals surface area contributed by atoms with E-state index in [0.29, 0.717) is 11.8 Å². The molecule has 0 aromatic carbocycles. The highest BCUT2D eigenvalue weighted by Crippen LogP contribution is 2.50. The zero-order valence-electron chi connectivity index (χ0n) is 19.0. The molecule has 3 saturated carbocycles. The van der Waals surface area contributed by atoms with Gasteiger partial charge in [-0.15, -0.1) is 0 Å². The maximum Gasteiger partial charge on any atom is 0.169 e. The summed E-state index contributed by atoms with van der Waals surface area (Å²) in [6, 6.07) is 0. The molecule has 0 amide bonds. The summed E-state index contributed by atoms with van der Waals surface area (Å²) < 4.78 is 38.3. The first-order chi connectivity index (χ1) is 15.2. The Labute approximate surface area is 186 Å². The van der Waals surface area contributed by atoms with Crippen molar-refractivity contribution in [2.24, 2.45) is 11.8 Å². The molecule has 0 aromatic rings. The predicted octanol–water partition coefficient (Wildman–Crippen LogP) is 4.69. The van der Waals surface area contributed by atoms with Crippen molar-refractivity contribution in [1.82, 2.24) is 0 Å². The molecule has 3 heterocycles. The molecule has 5 atom stereocenters. The minimum atomic E-state index is -0.419. The second-order valence-electron chi connectivity index (χ2n) is 11.0. The van der Waals surface area contributed by atoms with Crippen molar-refractivity contribution in [2.45, 2.75) is 119 Å². The van der Waals surface area contributed by atoms with Crippen LogP contribution in [0, 0.1) is 11.8 Å². The Morgan fingerprint density at radius 1 is 0.484 bits per heavy atom. The summed E-state index contributed by atoms with van der Waals surface area (Å²) in [5.74, 6) is -0.0776. The molecule has 6 heteroatoms. The largest absolute Gasteiger partial charge is 0.350 e. The molecule has 5 unspecified atom stereocenters. The van der Waals surface area contributed by atoms with Crippen LogP contribution in [0.5, 0.6) is 0 Å². The summed E-state index contributed by atoms with van der Waals surface area (Å²) >= 11 is 0. The van der Waals surface area contributed by atoms with Crippen LogP contribution >= 0.6 is 0 Å². The smallest absolute Gasteiger partial charge is 0.169 e. The van der Waals surface area contributed by atoms with Crippen LogP contribution in [0.1, 0.15) is 89.9 Å². The van der Waals surface area contributed by atoms with E-state index < -0.39 is 5.79 Å². The fourth-order valence-electron chi connectivity index (χ4n) is 7.19. The molecule has 0 radical (unpaired) electrons. The number of ether oxygens (including phenoxy) is 6. The summed E-state index contributed by atoms with van der Waals surface area (Å²) in [6.07, 6.45) is 15.6. The third kappa shape index (κ3) is 4.22. The zero-order chi connectivity index (χ0) is 20.8. The molecule has 6 rings (SSSR count). The molecule has 31 heavy (non-hydrogen) atoms. The van der Waals surface area contributed by atoms with E-state index in [2.05, 4.69) is 0 Å². The van der Waals surface area contributed by atoms with Gasteiger partial charge in [0.15, 0.2) is 17.4 Å². The van der Waals surface area contributed by atoms with Crippen molar-refractivity contribution in [2.75, 3.05) is 26.4 Å². The molecule has 3 spiro atoms. The van der Waals surface area contributed by atoms with Crippen LogP contribution < -0.4 is 0 Å². The highest BCUT2D eigenvalue weighted by molar-refractivity contribution is 4.96. The summed E-state index contributed by atoms with van der Waals surface area (Å²) in [5.41, 5.74) is 0. The first-order valence-corrected chi connectivity index (χ1v) is 13.1. The first-order valence-electron chi connectivity index (χ1n) is 13.1. The normalized spacial score (nSPS) is 44.9. The van der Waals surface area contributed by atoms with Crippen LogP contribution in [0.25, 0.3) is 0 Å². The van der Waals surface area contributed by atoms with Crippen LogP contribution in [0.2, 0.25) is 0 Å². The molecule has 0 aromatic heterocycles. The lowest BCUT2D eigenvalue weighted by atomic mass is 9.80. The number of hydrogen-bond donors (Lipinski definition) is 0. The zero-order valence-corrected chi connectivity index (χ0v) is 19.0. The summed E-state index contributed by atoms with van der Waals surface area (Å²) in [5, 5.41) is 0. The van der Waals surface area contributed by atoms with E-state index in [-0.39, 0.29) is 23.8 Å². The fraction of sp³-hybridized carbons (Fsp3) is 1.00. The second-order valence-corrected chi connectivity index (χ2v) is 11.0. The van der Waals surface area contributed by atoms with Gasteiger partial charge < -0.3 is 28.4 Å². The number of hydrogen-bond acceptors (Lipinski definition) is 6. The van der Waals surface area contributed by atoms with Crippen molar-refractivity contribution >= 4 is 0 Å². The fourth-order valence-corrected chi connectivity index (χ4v) is 7.19. The molecule has 6 fully saturated rings. The maximum absolute atomic E-state index is 6.82. The summed E-state index contributed by atoms with van der Waals surface area (Å²) in [4.78, 5) is 0. The van der Waals surface area contributed by atoms with Crippen molar-refractivity contribution in [3.8, 4) is 0 Å². The lowest BCUT2D eigenvalue weighted by molar-refractivity contribution is -0.313. The van der Waals surface area contributed by atoms with Gasteiger partial charge in [-0.05, 0) is 63.2 Å². The molecule has 0 N–H and O–H groups in total. The van der Waals surface area contributed by atoms with Crippen LogP contribution in [0.4, 0.5) is 0 Å². The highest BCUT2D eigenvalue weighted by atomic mass is 16.7. The minimum Gasteiger partial charge on any atom is -0.350 e. The van der Waals surface area contributed by atoms with Gasteiger partial charge in [0.25, 0.3) is 0 Å². The lowest BCUT2D eigenvalue weighted by Crippen LogP contribution is -2.49. The monoisotopic (exact) mass is 436 g/mol. The Bertz CT molecular complexity index is 626. The van der Waals surface area contributed by atoms with Crippen molar-refractivity contribution in [1.29, 1.82) is 0 Å². The van der Waals surface area contributed by atoms with Gasteiger partial charge >= 0.3 is 0 Å². The van der Waals surface area contributed by atoms with Crippen LogP contribution in [-0.4, -0.2) is 56.0 Å². The SMILES string of the molecule is C1CCOC2(CCCC(C3CCOC4(CCC(C5COC6(CCCC6)O5)C4)O3)C2)OC1. The Kier molecular flexibility index (Phi) is 5.85. The van der Waals surface area contributed by atoms with E-state index in [1.807, 2.05) is 0 Å². The topological polar surface area (TPSA) is 55.4 Å². The second kappa shape index (κ2) is 8.52. The molecule has 0 bridgehead atoms. The first kappa shape index (κ1) is 21.3. The van der Waals surface area contributed by atoms with Crippen LogP contribution in [-0.2, 0) is 28.4 Å². The predicted molar refractivity (Wildman–Crippen MR) is 113 cm³/mol. The quantitative estimate of drug-likeness (QED) is 0.626. The Morgan fingerprint density at radius 3 is 2.00 bits per heavy atom. The van der Waals surface area contributed by atoms with Gasteiger partial charge in [-0.2, -0.15) is 0 Å². The van der Waals surface area contributed by atoms with E-state index in [4.69, 9.17) is 28.4 Å². The third-order valence-electron chi connectivity index (χ3n) is 8.87. The highest BCUT2D eigenvalue weighted by Gasteiger charge is 2.53. The maximum atomic E-state index is 6.82. The van der Waals surface area contributed by atoms with Gasteiger partial charge in [0.1, 0.15) is 0 Å². The van der Waals surface area contributed by atoms with E-state index >= 15 is 0 Å².